The number of rotatable bonds is 7. The Morgan fingerprint density at radius 2 is 2.33 bits per heavy atom. The molecule has 1 rings (SSSR count). The summed E-state index contributed by atoms with van der Waals surface area (Å²) in [6.45, 7) is 6.29. The van der Waals surface area contributed by atoms with Crippen LogP contribution in [0.2, 0.25) is 0 Å². The van der Waals surface area contributed by atoms with Gasteiger partial charge in [-0.15, -0.1) is 11.3 Å². The first-order chi connectivity index (χ1) is 7.24. The standard InChI is InChI=1S/C12H21NOS/c1-10-6-9-15-12(10)4-7-13-11(2)5-8-14-3/h6,9,11,13H,4-5,7-8H2,1-3H3. The van der Waals surface area contributed by atoms with Crippen LogP contribution in [0.25, 0.3) is 0 Å². The van der Waals surface area contributed by atoms with E-state index in [1.807, 2.05) is 11.3 Å². The minimum Gasteiger partial charge on any atom is -0.385 e. The highest BCUT2D eigenvalue weighted by Crippen LogP contribution is 2.15. The third-order valence-electron chi connectivity index (χ3n) is 2.57. The first-order valence-electron chi connectivity index (χ1n) is 5.49. The Balaban J connectivity index is 2.13. The van der Waals surface area contributed by atoms with E-state index in [0.717, 1.165) is 26.0 Å². The number of thiophene rings is 1. The molecule has 0 spiro atoms. The maximum Gasteiger partial charge on any atom is 0.0476 e. The summed E-state index contributed by atoms with van der Waals surface area (Å²) in [5, 5.41) is 5.68. The number of aryl methyl sites for hydroxylation is 1. The van der Waals surface area contributed by atoms with E-state index in [2.05, 4.69) is 30.6 Å². The van der Waals surface area contributed by atoms with Crippen LogP contribution in [0.1, 0.15) is 23.8 Å². The monoisotopic (exact) mass is 227 g/mol. The van der Waals surface area contributed by atoms with Crippen LogP contribution < -0.4 is 5.32 Å². The molecular weight excluding hydrogens is 206 g/mol. The lowest BCUT2D eigenvalue weighted by molar-refractivity contribution is 0.185. The van der Waals surface area contributed by atoms with Crippen molar-refractivity contribution >= 4 is 11.3 Å². The van der Waals surface area contributed by atoms with E-state index in [1.165, 1.54) is 10.4 Å². The molecule has 0 aromatic carbocycles. The van der Waals surface area contributed by atoms with Crippen molar-refractivity contribution in [2.75, 3.05) is 20.3 Å². The van der Waals surface area contributed by atoms with Crippen LogP contribution in [-0.2, 0) is 11.2 Å². The summed E-state index contributed by atoms with van der Waals surface area (Å²) in [5.74, 6) is 0. The van der Waals surface area contributed by atoms with E-state index in [4.69, 9.17) is 4.74 Å². The second kappa shape index (κ2) is 6.99. The molecular formula is C12H21NOS. The molecule has 0 saturated carbocycles. The second-order valence-corrected chi connectivity index (χ2v) is 4.91. The van der Waals surface area contributed by atoms with Crippen LogP contribution in [0.15, 0.2) is 11.4 Å². The van der Waals surface area contributed by atoms with Crippen LogP contribution in [0.4, 0.5) is 0 Å². The zero-order valence-corrected chi connectivity index (χ0v) is 10.7. The molecule has 2 nitrogen and oxygen atoms in total. The Morgan fingerprint density at radius 1 is 1.53 bits per heavy atom. The Bertz CT molecular complexity index is 272. The van der Waals surface area contributed by atoms with Crippen LogP contribution in [0, 0.1) is 6.92 Å². The molecule has 0 radical (unpaired) electrons. The largest absolute Gasteiger partial charge is 0.385 e. The summed E-state index contributed by atoms with van der Waals surface area (Å²) in [7, 11) is 1.75. The second-order valence-electron chi connectivity index (χ2n) is 3.91. The molecule has 1 atom stereocenters. The van der Waals surface area contributed by atoms with Crippen molar-refractivity contribution in [3.63, 3.8) is 0 Å². The molecule has 1 N–H and O–H groups in total. The molecule has 1 aromatic rings. The number of methoxy groups -OCH3 is 1. The molecule has 1 aromatic heterocycles. The summed E-state index contributed by atoms with van der Waals surface area (Å²) >= 11 is 1.85. The number of hydrogen-bond donors (Lipinski definition) is 1. The maximum absolute atomic E-state index is 5.05. The molecule has 0 saturated heterocycles. The minimum absolute atomic E-state index is 0.546. The smallest absolute Gasteiger partial charge is 0.0476 e. The summed E-state index contributed by atoms with van der Waals surface area (Å²) in [6.07, 6.45) is 2.22. The van der Waals surface area contributed by atoms with Gasteiger partial charge < -0.3 is 10.1 Å². The summed E-state index contributed by atoms with van der Waals surface area (Å²) < 4.78 is 5.05. The Labute approximate surface area is 96.7 Å². The first-order valence-corrected chi connectivity index (χ1v) is 6.37. The van der Waals surface area contributed by atoms with Gasteiger partial charge in [0.25, 0.3) is 0 Å². The first kappa shape index (κ1) is 12.7. The Morgan fingerprint density at radius 3 is 2.93 bits per heavy atom. The van der Waals surface area contributed by atoms with Crippen molar-refractivity contribution < 1.29 is 4.74 Å². The highest BCUT2D eigenvalue weighted by atomic mass is 32.1. The summed E-state index contributed by atoms with van der Waals surface area (Å²) in [6, 6.07) is 2.74. The fourth-order valence-electron chi connectivity index (χ4n) is 1.49. The predicted octanol–water partition coefficient (Wildman–Crippen LogP) is 2.61. The molecule has 0 fully saturated rings. The lowest BCUT2D eigenvalue weighted by Crippen LogP contribution is -2.29. The molecule has 15 heavy (non-hydrogen) atoms. The van der Waals surface area contributed by atoms with Crippen molar-refractivity contribution in [1.29, 1.82) is 0 Å². The van der Waals surface area contributed by atoms with Crippen molar-refractivity contribution in [3.05, 3.63) is 21.9 Å². The molecule has 0 aliphatic carbocycles. The fourth-order valence-corrected chi connectivity index (χ4v) is 2.40. The van der Waals surface area contributed by atoms with Crippen molar-refractivity contribution in [2.45, 2.75) is 32.7 Å². The van der Waals surface area contributed by atoms with Crippen molar-refractivity contribution in [3.8, 4) is 0 Å². The lowest BCUT2D eigenvalue weighted by Gasteiger charge is -2.12. The van der Waals surface area contributed by atoms with E-state index in [1.54, 1.807) is 7.11 Å². The van der Waals surface area contributed by atoms with Crippen LogP contribution in [0.5, 0.6) is 0 Å². The van der Waals surface area contributed by atoms with Crippen molar-refractivity contribution in [1.82, 2.24) is 5.32 Å². The van der Waals surface area contributed by atoms with Crippen LogP contribution in [0.3, 0.4) is 0 Å². The molecule has 1 unspecified atom stereocenters. The lowest BCUT2D eigenvalue weighted by atomic mass is 10.2. The minimum atomic E-state index is 0.546. The molecule has 3 heteroatoms. The van der Waals surface area contributed by atoms with Gasteiger partial charge in [-0.1, -0.05) is 0 Å². The van der Waals surface area contributed by atoms with E-state index in [9.17, 15) is 0 Å². The Kier molecular flexibility index (Phi) is 5.91. The molecule has 0 bridgehead atoms. The van der Waals surface area contributed by atoms with Gasteiger partial charge in [-0.25, -0.2) is 0 Å². The number of hydrogen-bond acceptors (Lipinski definition) is 3. The average molecular weight is 227 g/mol. The molecule has 0 aliphatic heterocycles. The van der Waals surface area contributed by atoms with Gasteiger partial charge in [0, 0.05) is 31.2 Å². The highest BCUT2D eigenvalue weighted by molar-refractivity contribution is 7.10. The fraction of sp³-hybridized carbons (Fsp3) is 0.667. The molecule has 1 heterocycles. The van der Waals surface area contributed by atoms with Gasteiger partial charge in [-0.05, 0) is 43.7 Å². The summed E-state index contributed by atoms with van der Waals surface area (Å²) in [5.41, 5.74) is 1.42. The van der Waals surface area contributed by atoms with Gasteiger partial charge in [0.15, 0.2) is 0 Å². The van der Waals surface area contributed by atoms with Gasteiger partial charge in [0.2, 0.25) is 0 Å². The van der Waals surface area contributed by atoms with Crippen LogP contribution >= 0.6 is 11.3 Å². The third kappa shape index (κ3) is 4.78. The van der Waals surface area contributed by atoms with E-state index >= 15 is 0 Å². The van der Waals surface area contributed by atoms with Crippen molar-refractivity contribution in [2.24, 2.45) is 0 Å². The number of nitrogens with one attached hydrogen (secondary N) is 1. The quantitative estimate of drug-likeness (QED) is 0.773. The van der Waals surface area contributed by atoms with Gasteiger partial charge >= 0.3 is 0 Å². The Hall–Kier alpha value is -0.380. The number of ether oxygens (including phenoxy) is 1. The topological polar surface area (TPSA) is 21.3 Å². The van der Waals surface area contributed by atoms with Crippen LogP contribution in [-0.4, -0.2) is 26.3 Å². The summed E-state index contributed by atoms with van der Waals surface area (Å²) in [4.78, 5) is 1.50. The predicted molar refractivity (Wildman–Crippen MR) is 66.7 cm³/mol. The van der Waals surface area contributed by atoms with Gasteiger partial charge in [-0.3, -0.25) is 0 Å². The van der Waals surface area contributed by atoms with Gasteiger partial charge in [0.05, 0.1) is 0 Å². The highest BCUT2D eigenvalue weighted by Gasteiger charge is 2.02. The van der Waals surface area contributed by atoms with Gasteiger partial charge in [-0.2, -0.15) is 0 Å². The molecule has 0 aliphatic rings. The molecule has 0 amide bonds. The SMILES string of the molecule is COCCC(C)NCCc1sccc1C. The third-order valence-corrected chi connectivity index (χ3v) is 3.65. The van der Waals surface area contributed by atoms with E-state index in [0.29, 0.717) is 6.04 Å². The van der Waals surface area contributed by atoms with Gasteiger partial charge in [0.1, 0.15) is 0 Å². The normalized spacial score (nSPS) is 13.0. The average Bonchev–Trinajstić information content (AvgIpc) is 2.61. The molecule has 86 valence electrons. The zero-order chi connectivity index (χ0) is 11.1. The zero-order valence-electron chi connectivity index (χ0n) is 9.88. The maximum atomic E-state index is 5.05. The van der Waals surface area contributed by atoms with E-state index < -0.39 is 0 Å². The van der Waals surface area contributed by atoms with E-state index in [-0.39, 0.29) is 0 Å².